The second-order valence-electron chi connectivity index (χ2n) is 8.37. The van der Waals surface area contributed by atoms with Gasteiger partial charge in [0.25, 0.3) is 0 Å². The molecular formula is C23H24N6O2. The standard InChI is InChI=1S/C23H24N6O2/c1-13(2)20(21-24-17-9-5-6-10-18(17)25-21)26-23(31)14-11-19(30)29(12-14)22-15-7-3-4-8-16(15)27-28-22/h3-10,13-14,20H,11-12H2,1-2H3,(H,24,25)(H,26,31)(H,27,28). The first-order valence-electron chi connectivity index (χ1n) is 10.5. The number of aromatic amines is 2. The van der Waals surface area contributed by atoms with E-state index < -0.39 is 5.92 Å². The van der Waals surface area contributed by atoms with Gasteiger partial charge < -0.3 is 10.3 Å². The van der Waals surface area contributed by atoms with Gasteiger partial charge in [-0.2, -0.15) is 5.10 Å². The number of amides is 2. The number of para-hydroxylation sites is 3. The zero-order valence-corrected chi connectivity index (χ0v) is 17.4. The monoisotopic (exact) mass is 416 g/mol. The molecule has 0 aliphatic carbocycles. The molecule has 1 saturated heterocycles. The Morgan fingerprint density at radius 2 is 1.87 bits per heavy atom. The minimum Gasteiger partial charge on any atom is -0.346 e. The molecule has 3 N–H and O–H groups in total. The lowest BCUT2D eigenvalue weighted by Gasteiger charge is -2.22. The summed E-state index contributed by atoms with van der Waals surface area (Å²) in [5.41, 5.74) is 2.66. The average molecular weight is 416 g/mol. The zero-order valence-electron chi connectivity index (χ0n) is 17.4. The summed E-state index contributed by atoms with van der Waals surface area (Å²) in [5.74, 6) is 0.760. The van der Waals surface area contributed by atoms with E-state index in [0.717, 1.165) is 27.8 Å². The maximum absolute atomic E-state index is 13.1. The molecule has 2 aromatic heterocycles. The highest BCUT2D eigenvalue weighted by Crippen LogP contribution is 2.30. The summed E-state index contributed by atoms with van der Waals surface area (Å²) in [5, 5.41) is 11.3. The molecule has 1 aliphatic rings. The molecule has 1 aliphatic heterocycles. The number of benzene rings is 2. The Labute approximate surface area is 179 Å². The van der Waals surface area contributed by atoms with E-state index in [9.17, 15) is 9.59 Å². The van der Waals surface area contributed by atoms with E-state index in [2.05, 4.69) is 25.5 Å². The Bertz CT molecular complexity index is 1240. The third kappa shape index (κ3) is 3.43. The van der Waals surface area contributed by atoms with Crippen LogP contribution in [0.25, 0.3) is 21.9 Å². The molecular weight excluding hydrogens is 392 g/mol. The van der Waals surface area contributed by atoms with Gasteiger partial charge in [0.05, 0.1) is 28.5 Å². The highest BCUT2D eigenvalue weighted by molar-refractivity contribution is 6.05. The third-order valence-electron chi connectivity index (χ3n) is 5.87. The lowest BCUT2D eigenvalue weighted by atomic mass is 10.0. The second kappa shape index (κ2) is 7.54. The van der Waals surface area contributed by atoms with Crippen molar-refractivity contribution in [1.29, 1.82) is 0 Å². The van der Waals surface area contributed by atoms with Crippen LogP contribution in [-0.4, -0.2) is 38.5 Å². The van der Waals surface area contributed by atoms with Crippen molar-refractivity contribution >= 4 is 39.6 Å². The first kappa shape index (κ1) is 19.3. The fraction of sp³-hybridized carbons (Fsp3) is 0.304. The summed E-state index contributed by atoms with van der Waals surface area (Å²) in [4.78, 5) is 35.4. The molecule has 2 unspecified atom stereocenters. The van der Waals surface area contributed by atoms with E-state index in [1.165, 1.54) is 0 Å². The lowest BCUT2D eigenvalue weighted by Crippen LogP contribution is -2.38. The van der Waals surface area contributed by atoms with Crippen LogP contribution in [0.2, 0.25) is 0 Å². The van der Waals surface area contributed by atoms with E-state index >= 15 is 0 Å². The van der Waals surface area contributed by atoms with Crippen molar-refractivity contribution in [3.05, 3.63) is 54.4 Å². The number of nitrogens with zero attached hydrogens (tertiary/aromatic N) is 3. The van der Waals surface area contributed by atoms with Gasteiger partial charge in [0.15, 0.2) is 5.82 Å². The summed E-state index contributed by atoms with van der Waals surface area (Å²) in [6.45, 7) is 4.39. The van der Waals surface area contributed by atoms with Crippen molar-refractivity contribution in [2.24, 2.45) is 11.8 Å². The number of aromatic nitrogens is 4. The molecule has 0 spiro atoms. The maximum atomic E-state index is 13.1. The molecule has 158 valence electrons. The normalized spacial score (nSPS) is 17.7. The largest absolute Gasteiger partial charge is 0.346 e. The van der Waals surface area contributed by atoms with Gasteiger partial charge in [0, 0.05) is 18.4 Å². The molecule has 2 amide bonds. The molecule has 4 aromatic rings. The van der Waals surface area contributed by atoms with E-state index in [1.54, 1.807) is 4.90 Å². The van der Waals surface area contributed by atoms with Gasteiger partial charge in [-0.25, -0.2) is 4.98 Å². The Hall–Kier alpha value is -3.68. The average Bonchev–Trinajstić information content (AvgIpc) is 3.47. The summed E-state index contributed by atoms with van der Waals surface area (Å²) >= 11 is 0. The van der Waals surface area contributed by atoms with Crippen LogP contribution in [0.4, 0.5) is 5.82 Å². The highest BCUT2D eigenvalue weighted by Gasteiger charge is 2.38. The smallest absolute Gasteiger partial charge is 0.229 e. The van der Waals surface area contributed by atoms with Crippen molar-refractivity contribution in [2.45, 2.75) is 26.3 Å². The van der Waals surface area contributed by atoms with Crippen LogP contribution in [0, 0.1) is 11.8 Å². The SMILES string of the molecule is CC(C)C(NC(=O)C1CC(=O)N(c2n[nH]c3ccccc23)C1)c1nc2ccccc2[nH]1. The Balaban J connectivity index is 1.35. The van der Waals surface area contributed by atoms with E-state index in [-0.39, 0.29) is 30.2 Å². The van der Waals surface area contributed by atoms with Crippen molar-refractivity contribution in [3.8, 4) is 0 Å². The van der Waals surface area contributed by atoms with Crippen LogP contribution in [0.5, 0.6) is 0 Å². The Morgan fingerprint density at radius 3 is 2.65 bits per heavy atom. The number of hydrogen-bond donors (Lipinski definition) is 3. The van der Waals surface area contributed by atoms with Gasteiger partial charge in [-0.3, -0.25) is 19.6 Å². The Kier molecular flexibility index (Phi) is 4.69. The molecule has 0 saturated carbocycles. The molecule has 0 bridgehead atoms. The molecule has 0 radical (unpaired) electrons. The molecule has 3 heterocycles. The van der Waals surface area contributed by atoms with E-state index in [0.29, 0.717) is 12.4 Å². The topological polar surface area (TPSA) is 107 Å². The van der Waals surface area contributed by atoms with Crippen LogP contribution >= 0.6 is 0 Å². The number of fused-ring (bicyclic) bond motifs is 2. The number of nitrogens with one attached hydrogen (secondary N) is 3. The summed E-state index contributed by atoms with van der Waals surface area (Å²) in [6.07, 6.45) is 0.165. The number of hydrogen-bond acceptors (Lipinski definition) is 4. The highest BCUT2D eigenvalue weighted by atomic mass is 16.2. The number of H-pyrrole nitrogens is 2. The first-order valence-corrected chi connectivity index (χ1v) is 10.5. The predicted molar refractivity (Wildman–Crippen MR) is 118 cm³/mol. The molecule has 2 atom stereocenters. The van der Waals surface area contributed by atoms with E-state index in [1.807, 2.05) is 62.4 Å². The zero-order chi connectivity index (χ0) is 21.5. The van der Waals surface area contributed by atoms with E-state index in [4.69, 9.17) is 0 Å². The minimum atomic E-state index is -0.436. The van der Waals surface area contributed by atoms with Gasteiger partial charge in [0.2, 0.25) is 11.8 Å². The number of carbonyl (C=O) groups excluding carboxylic acids is 2. The molecule has 8 heteroatoms. The quantitative estimate of drug-likeness (QED) is 0.464. The number of imidazole rings is 1. The lowest BCUT2D eigenvalue weighted by molar-refractivity contribution is -0.127. The van der Waals surface area contributed by atoms with Gasteiger partial charge in [-0.1, -0.05) is 38.1 Å². The number of carbonyl (C=O) groups is 2. The van der Waals surface area contributed by atoms with Crippen molar-refractivity contribution < 1.29 is 9.59 Å². The van der Waals surface area contributed by atoms with Crippen molar-refractivity contribution in [2.75, 3.05) is 11.4 Å². The van der Waals surface area contributed by atoms with Crippen LogP contribution < -0.4 is 10.2 Å². The van der Waals surface area contributed by atoms with Crippen LogP contribution in [0.15, 0.2) is 48.5 Å². The van der Waals surface area contributed by atoms with Crippen LogP contribution in [0.3, 0.4) is 0 Å². The van der Waals surface area contributed by atoms with Crippen molar-refractivity contribution in [1.82, 2.24) is 25.5 Å². The second-order valence-corrected chi connectivity index (χ2v) is 8.37. The van der Waals surface area contributed by atoms with Gasteiger partial charge in [-0.05, 0) is 30.2 Å². The number of rotatable bonds is 5. The fourth-order valence-corrected chi connectivity index (χ4v) is 4.18. The molecule has 2 aromatic carbocycles. The fourth-order valence-electron chi connectivity index (χ4n) is 4.18. The molecule has 8 nitrogen and oxygen atoms in total. The summed E-state index contributed by atoms with van der Waals surface area (Å²) in [7, 11) is 0. The molecule has 5 rings (SSSR count). The predicted octanol–water partition coefficient (Wildman–Crippen LogP) is 3.31. The molecule has 31 heavy (non-hydrogen) atoms. The summed E-state index contributed by atoms with van der Waals surface area (Å²) < 4.78 is 0. The third-order valence-corrected chi connectivity index (χ3v) is 5.87. The molecule has 1 fully saturated rings. The van der Waals surface area contributed by atoms with Gasteiger partial charge >= 0.3 is 0 Å². The summed E-state index contributed by atoms with van der Waals surface area (Å²) in [6, 6.07) is 15.2. The minimum absolute atomic E-state index is 0.0952. The van der Waals surface area contributed by atoms with Gasteiger partial charge in [0.1, 0.15) is 5.82 Å². The first-order chi connectivity index (χ1) is 15.0. The number of anilines is 1. The Morgan fingerprint density at radius 1 is 1.13 bits per heavy atom. The van der Waals surface area contributed by atoms with Crippen LogP contribution in [0.1, 0.15) is 32.1 Å². The maximum Gasteiger partial charge on any atom is 0.229 e. The van der Waals surface area contributed by atoms with Crippen LogP contribution in [-0.2, 0) is 9.59 Å². The van der Waals surface area contributed by atoms with Gasteiger partial charge in [-0.15, -0.1) is 0 Å². The van der Waals surface area contributed by atoms with Crippen molar-refractivity contribution in [3.63, 3.8) is 0 Å².